The summed E-state index contributed by atoms with van der Waals surface area (Å²) in [5.74, 6) is 0. The third kappa shape index (κ3) is 3.65. The van der Waals surface area contributed by atoms with Crippen molar-refractivity contribution in [2.45, 2.75) is 31.5 Å². The number of nitrogens with one attached hydrogen (secondary N) is 1. The van der Waals surface area contributed by atoms with Gasteiger partial charge in [-0.25, -0.2) is 4.39 Å². The van der Waals surface area contributed by atoms with Gasteiger partial charge < -0.3 is 15.8 Å². The summed E-state index contributed by atoms with van der Waals surface area (Å²) in [6.45, 7) is 3.67. The zero-order chi connectivity index (χ0) is 13.0. The molecule has 1 saturated heterocycles. The first kappa shape index (κ1) is 13.2. The Labute approximate surface area is 107 Å². The zero-order valence-electron chi connectivity index (χ0n) is 10.7. The quantitative estimate of drug-likeness (QED) is 0.849. The molecule has 1 aliphatic rings. The third-order valence-corrected chi connectivity index (χ3v) is 3.17. The van der Waals surface area contributed by atoms with Crippen LogP contribution < -0.4 is 11.1 Å². The minimum absolute atomic E-state index is 0.0756. The van der Waals surface area contributed by atoms with Gasteiger partial charge in [-0.15, -0.1) is 0 Å². The van der Waals surface area contributed by atoms with E-state index in [9.17, 15) is 4.39 Å². The average molecular weight is 253 g/mol. The highest BCUT2D eigenvalue weighted by Crippen LogP contribution is 2.26. The minimum Gasteiger partial charge on any atom is -0.398 e. The van der Waals surface area contributed by atoms with Crippen molar-refractivity contribution >= 4 is 5.69 Å². The summed E-state index contributed by atoms with van der Waals surface area (Å²) in [5, 5.41) is 3.26. The molecular weight excluding hydrogens is 233 g/mol. The molecule has 0 aliphatic carbocycles. The Morgan fingerprint density at radius 2 is 2.50 bits per heavy atom. The Kier molecular flexibility index (Phi) is 4.14. The Morgan fingerprint density at radius 3 is 3.17 bits per heavy atom. The number of morpholine rings is 1. The summed E-state index contributed by atoms with van der Waals surface area (Å²) in [4.78, 5) is 3.99. The van der Waals surface area contributed by atoms with Crippen molar-refractivity contribution in [1.82, 2.24) is 10.3 Å². The fourth-order valence-electron chi connectivity index (χ4n) is 2.32. The molecule has 2 atom stereocenters. The number of nitrogen functional groups attached to an aromatic ring is 1. The predicted octanol–water partition coefficient (Wildman–Crippen LogP) is 1.31. The highest BCUT2D eigenvalue weighted by atomic mass is 19.1. The van der Waals surface area contributed by atoms with Crippen LogP contribution in [0.15, 0.2) is 18.5 Å². The fraction of sp³-hybridized carbons (Fsp3) is 0.615. The molecule has 0 amide bonds. The number of pyridine rings is 1. The largest absolute Gasteiger partial charge is 0.398 e. The van der Waals surface area contributed by atoms with E-state index in [0.29, 0.717) is 25.3 Å². The SMILES string of the molecule is CC(F)(Cc1cnccc1N)CC1COCCN1. The molecule has 2 heterocycles. The molecule has 1 fully saturated rings. The second-order valence-corrected chi connectivity index (χ2v) is 5.09. The normalized spacial score (nSPS) is 23.6. The first-order valence-corrected chi connectivity index (χ1v) is 6.25. The highest BCUT2D eigenvalue weighted by Gasteiger charge is 2.29. The molecule has 1 aromatic rings. The summed E-state index contributed by atoms with van der Waals surface area (Å²) in [6.07, 6.45) is 3.95. The lowest BCUT2D eigenvalue weighted by Gasteiger charge is -2.30. The maximum Gasteiger partial charge on any atom is 0.114 e. The maximum atomic E-state index is 14.6. The van der Waals surface area contributed by atoms with Gasteiger partial charge in [0.1, 0.15) is 5.67 Å². The number of nitrogens with two attached hydrogens (primary N) is 1. The number of hydrogen-bond donors (Lipinski definition) is 2. The van der Waals surface area contributed by atoms with Crippen LogP contribution in [-0.4, -0.2) is 36.5 Å². The van der Waals surface area contributed by atoms with Gasteiger partial charge in [-0.3, -0.25) is 4.98 Å². The van der Waals surface area contributed by atoms with Gasteiger partial charge in [-0.2, -0.15) is 0 Å². The number of rotatable bonds is 4. The maximum absolute atomic E-state index is 14.6. The van der Waals surface area contributed by atoms with Crippen molar-refractivity contribution in [1.29, 1.82) is 0 Å². The van der Waals surface area contributed by atoms with Gasteiger partial charge >= 0.3 is 0 Å². The van der Waals surface area contributed by atoms with Crippen molar-refractivity contribution < 1.29 is 9.13 Å². The first-order valence-electron chi connectivity index (χ1n) is 6.25. The number of halogens is 1. The van der Waals surface area contributed by atoms with Crippen LogP contribution in [0.25, 0.3) is 0 Å². The van der Waals surface area contributed by atoms with Crippen molar-refractivity contribution in [2.24, 2.45) is 0 Å². The molecule has 0 spiro atoms. The molecular formula is C13H20FN3O. The molecule has 100 valence electrons. The van der Waals surface area contributed by atoms with Crippen LogP contribution in [0.3, 0.4) is 0 Å². The first-order chi connectivity index (χ1) is 8.57. The molecule has 0 radical (unpaired) electrons. The molecule has 0 saturated carbocycles. The van der Waals surface area contributed by atoms with Crippen LogP contribution >= 0.6 is 0 Å². The van der Waals surface area contributed by atoms with Crippen LogP contribution in [0.4, 0.5) is 10.1 Å². The van der Waals surface area contributed by atoms with Crippen LogP contribution in [0, 0.1) is 0 Å². The molecule has 1 aromatic heterocycles. The Balaban J connectivity index is 1.96. The molecule has 1 aliphatic heterocycles. The van der Waals surface area contributed by atoms with Gasteiger partial charge in [0.05, 0.1) is 13.2 Å². The molecule has 4 nitrogen and oxygen atoms in total. The lowest BCUT2D eigenvalue weighted by Crippen LogP contribution is -2.45. The van der Waals surface area contributed by atoms with E-state index in [-0.39, 0.29) is 12.5 Å². The fourth-order valence-corrected chi connectivity index (χ4v) is 2.32. The average Bonchev–Trinajstić information content (AvgIpc) is 2.32. The van der Waals surface area contributed by atoms with E-state index < -0.39 is 5.67 Å². The molecule has 5 heteroatoms. The molecule has 2 rings (SSSR count). The molecule has 0 aromatic carbocycles. The van der Waals surface area contributed by atoms with E-state index in [1.165, 1.54) is 0 Å². The molecule has 3 N–H and O–H groups in total. The number of aromatic nitrogens is 1. The van der Waals surface area contributed by atoms with Gasteiger partial charge in [0, 0.05) is 37.1 Å². The third-order valence-electron chi connectivity index (χ3n) is 3.17. The standard InChI is InChI=1S/C13H20FN3O/c1-13(14,7-11-9-18-5-4-17-11)6-10-8-16-3-2-12(10)15/h2-3,8,11,17H,4-7,9H2,1H3,(H2,15,16). The van der Waals surface area contributed by atoms with Gasteiger partial charge in [0.15, 0.2) is 0 Å². The van der Waals surface area contributed by atoms with Gasteiger partial charge in [-0.1, -0.05) is 0 Å². The summed E-state index contributed by atoms with van der Waals surface area (Å²) < 4.78 is 19.9. The number of ether oxygens (including phenoxy) is 1. The second-order valence-electron chi connectivity index (χ2n) is 5.09. The minimum atomic E-state index is -1.31. The van der Waals surface area contributed by atoms with Gasteiger partial charge in [-0.05, 0) is 25.0 Å². The number of nitrogens with zero attached hydrogens (tertiary/aromatic N) is 1. The topological polar surface area (TPSA) is 60.2 Å². The van der Waals surface area contributed by atoms with Gasteiger partial charge in [0.2, 0.25) is 0 Å². The monoisotopic (exact) mass is 253 g/mol. The molecule has 18 heavy (non-hydrogen) atoms. The Hall–Kier alpha value is -1.20. The molecule has 2 unspecified atom stereocenters. The Bertz CT molecular complexity index is 392. The summed E-state index contributed by atoms with van der Waals surface area (Å²) in [7, 11) is 0. The molecule has 0 bridgehead atoms. The van der Waals surface area contributed by atoms with Crippen molar-refractivity contribution in [3.63, 3.8) is 0 Å². The Morgan fingerprint density at radius 1 is 1.67 bits per heavy atom. The zero-order valence-corrected chi connectivity index (χ0v) is 10.7. The number of anilines is 1. The van der Waals surface area contributed by atoms with Crippen molar-refractivity contribution in [3.8, 4) is 0 Å². The number of alkyl halides is 1. The van der Waals surface area contributed by atoms with Crippen LogP contribution in [0.1, 0.15) is 18.9 Å². The smallest absolute Gasteiger partial charge is 0.114 e. The van der Waals surface area contributed by atoms with Crippen molar-refractivity contribution in [2.75, 3.05) is 25.5 Å². The number of hydrogen-bond acceptors (Lipinski definition) is 4. The van der Waals surface area contributed by atoms with E-state index in [1.807, 2.05) is 0 Å². The predicted molar refractivity (Wildman–Crippen MR) is 69.1 cm³/mol. The van der Waals surface area contributed by atoms with Crippen molar-refractivity contribution in [3.05, 3.63) is 24.0 Å². The summed E-state index contributed by atoms with van der Waals surface area (Å²) in [5.41, 5.74) is 5.87. The highest BCUT2D eigenvalue weighted by molar-refractivity contribution is 5.44. The van der Waals surface area contributed by atoms with Gasteiger partial charge in [0.25, 0.3) is 0 Å². The van der Waals surface area contributed by atoms with Crippen LogP contribution in [0.5, 0.6) is 0 Å². The van der Waals surface area contributed by atoms with E-state index >= 15 is 0 Å². The van der Waals surface area contributed by atoms with E-state index in [2.05, 4.69) is 10.3 Å². The summed E-state index contributed by atoms with van der Waals surface area (Å²) >= 11 is 0. The van der Waals surface area contributed by atoms with E-state index in [0.717, 1.165) is 12.1 Å². The van der Waals surface area contributed by atoms with E-state index in [4.69, 9.17) is 10.5 Å². The van der Waals surface area contributed by atoms with E-state index in [1.54, 1.807) is 25.4 Å². The lowest BCUT2D eigenvalue weighted by atomic mass is 9.91. The summed E-state index contributed by atoms with van der Waals surface area (Å²) in [6, 6.07) is 1.78. The second kappa shape index (κ2) is 5.63. The van der Waals surface area contributed by atoms with Crippen LogP contribution in [-0.2, 0) is 11.2 Å². The lowest BCUT2D eigenvalue weighted by molar-refractivity contribution is 0.0483. The van der Waals surface area contributed by atoms with Crippen LogP contribution in [0.2, 0.25) is 0 Å².